The molecule has 5 nitrogen and oxygen atoms in total. The Morgan fingerprint density at radius 1 is 1.37 bits per heavy atom. The Bertz CT molecular complexity index is 630. The minimum Gasteiger partial charge on any atom is -0.452 e. The molecule has 0 saturated heterocycles. The fourth-order valence-corrected chi connectivity index (χ4v) is 1.84. The van der Waals surface area contributed by atoms with Gasteiger partial charge in [0.05, 0.1) is 17.5 Å². The number of nitro benzene ring substituents is 1. The third kappa shape index (κ3) is 3.08. The molecule has 2 aromatic rings. The third-order valence-electron chi connectivity index (χ3n) is 2.30. The maximum Gasteiger partial charge on any atom is 0.298 e. The molecule has 0 bridgehead atoms. The van der Waals surface area contributed by atoms with Gasteiger partial charge in [-0.3, -0.25) is 10.1 Å². The minimum absolute atomic E-state index is 0.0367. The third-order valence-corrected chi connectivity index (χ3v) is 2.73. The maximum absolute atomic E-state index is 13.5. The van der Waals surface area contributed by atoms with E-state index in [1.807, 2.05) is 0 Å². The van der Waals surface area contributed by atoms with Crippen molar-refractivity contribution in [2.75, 3.05) is 5.32 Å². The summed E-state index contributed by atoms with van der Waals surface area (Å²) >= 11 is 3.09. The highest BCUT2D eigenvalue weighted by atomic mass is 79.9. The van der Waals surface area contributed by atoms with Crippen LogP contribution < -0.4 is 5.32 Å². The van der Waals surface area contributed by atoms with Crippen molar-refractivity contribution in [3.8, 4) is 0 Å². The quantitative estimate of drug-likeness (QED) is 0.682. The predicted octanol–water partition coefficient (Wildman–Crippen LogP) is 3.84. The first-order valence-electron chi connectivity index (χ1n) is 5.09. The van der Waals surface area contributed by atoms with E-state index in [2.05, 4.69) is 21.2 Å². The summed E-state index contributed by atoms with van der Waals surface area (Å²) in [7, 11) is 0. The van der Waals surface area contributed by atoms with Crippen molar-refractivity contribution in [3.05, 3.63) is 56.4 Å². The summed E-state index contributed by atoms with van der Waals surface area (Å²) in [6.07, 6.45) is 0. The Morgan fingerprint density at radius 2 is 2.11 bits per heavy atom. The number of hydrogen-bond acceptors (Lipinski definition) is 4. The van der Waals surface area contributed by atoms with Crippen LogP contribution in [0.2, 0.25) is 0 Å². The van der Waals surface area contributed by atoms with E-state index < -0.39 is 22.2 Å². The average molecular weight is 333 g/mol. The van der Waals surface area contributed by atoms with Crippen LogP contribution in [-0.2, 0) is 6.54 Å². The molecule has 2 rings (SSSR count). The highest BCUT2D eigenvalue weighted by molar-refractivity contribution is 9.10. The lowest BCUT2D eigenvalue weighted by atomic mass is 10.2. The molecular formula is C11H7BrF2N2O3. The van der Waals surface area contributed by atoms with E-state index in [0.717, 1.165) is 0 Å². The highest BCUT2D eigenvalue weighted by Crippen LogP contribution is 2.29. The molecule has 100 valence electrons. The molecule has 0 atom stereocenters. The van der Waals surface area contributed by atoms with Crippen molar-refractivity contribution in [2.24, 2.45) is 0 Å². The summed E-state index contributed by atoms with van der Waals surface area (Å²) < 4.78 is 32.1. The number of benzene rings is 1. The van der Waals surface area contributed by atoms with Gasteiger partial charge in [-0.25, -0.2) is 8.78 Å². The number of nitro groups is 1. The molecule has 19 heavy (non-hydrogen) atoms. The first kappa shape index (κ1) is 13.5. The van der Waals surface area contributed by atoms with Crippen LogP contribution in [0.25, 0.3) is 0 Å². The van der Waals surface area contributed by atoms with Crippen molar-refractivity contribution < 1.29 is 18.1 Å². The van der Waals surface area contributed by atoms with Gasteiger partial charge in [0.15, 0.2) is 10.5 Å². The zero-order valence-electron chi connectivity index (χ0n) is 9.32. The van der Waals surface area contributed by atoms with Gasteiger partial charge in [-0.1, -0.05) is 0 Å². The number of nitrogens with one attached hydrogen (secondary N) is 1. The Labute approximate surface area is 114 Å². The molecular weight excluding hydrogens is 326 g/mol. The lowest BCUT2D eigenvalue weighted by Crippen LogP contribution is -2.05. The number of halogens is 3. The van der Waals surface area contributed by atoms with Gasteiger partial charge in [0.2, 0.25) is 0 Å². The van der Waals surface area contributed by atoms with Gasteiger partial charge in [-0.15, -0.1) is 0 Å². The Balaban J connectivity index is 2.26. The summed E-state index contributed by atoms with van der Waals surface area (Å²) in [6.45, 7) is 0.0367. The summed E-state index contributed by atoms with van der Waals surface area (Å²) in [5.41, 5.74) is -1.04. The van der Waals surface area contributed by atoms with Crippen LogP contribution in [0.4, 0.5) is 20.2 Å². The summed E-state index contributed by atoms with van der Waals surface area (Å²) in [4.78, 5) is 9.89. The Hall–Kier alpha value is -1.96. The number of nitrogens with zero attached hydrogens (tertiary/aromatic N) is 1. The largest absolute Gasteiger partial charge is 0.452 e. The van der Waals surface area contributed by atoms with Crippen LogP contribution in [0.15, 0.2) is 33.4 Å². The van der Waals surface area contributed by atoms with E-state index in [9.17, 15) is 18.9 Å². The molecule has 0 aliphatic carbocycles. The van der Waals surface area contributed by atoms with E-state index in [4.69, 9.17) is 4.42 Å². The second-order valence-electron chi connectivity index (χ2n) is 3.60. The molecule has 0 amide bonds. The van der Waals surface area contributed by atoms with Gasteiger partial charge in [-0.2, -0.15) is 0 Å². The number of hydrogen-bond donors (Lipinski definition) is 1. The molecule has 1 N–H and O–H groups in total. The zero-order chi connectivity index (χ0) is 14.0. The molecule has 0 spiro atoms. The van der Waals surface area contributed by atoms with Gasteiger partial charge in [-0.05, 0) is 28.1 Å². The van der Waals surface area contributed by atoms with Crippen molar-refractivity contribution in [3.63, 3.8) is 0 Å². The van der Waals surface area contributed by atoms with E-state index in [1.165, 1.54) is 0 Å². The number of rotatable bonds is 4. The molecule has 1 heterocycles. The molecule has 0 aliphatic rings. The summed E-state index contributed by atoms with van der Waals surface area (Å²) in [5, 5.41) is 13.3. The minimum atomic E-state index is -1.03. The fourth-order valence-electron chi connectivity index (χ4n) is 1.50. The Kier molecular flexibility index (Phi) is 3.79. The van der Waals surface area contributed by atoms with Gasteiger partial charge in [0.1, 0.15) is 17.3 Å². The molecule has 0 aliphatic heterocycles. The van der Waals surface area contributed by atoms with Crippen molar-refractivity contribution in [2.45, 2.75) is 6.54 Å². The first-order chi connectivity index (χ1) is 8.97. The number of furan rings is 1. The molecule has 0 radical (unpaired) electrons. The Morgan fingerprint density at radius 3 is 2.68 bits per heavy atom. The SMILES string of the molecule is O=[N+]([O-])c1cc(F)cc(F)c1NCc1ccc(Br)o1. The van der Waals surface area contributed by atoms with E-state index in [-0.39, 0.29) is 12.2 Å². The molecule has 8 heteroatoms. The lowest BCUT2D eigenvalue weighted by Gasteiger charge is -2.06. The monoisotopic (exact) mass is 332 g/mol. The average Bonchev–Trinajstić information content (AvgIpc) is 2.73. The van der Waals surface area contributed by atoms with E-state index in [1.54, 1.807) is 12.1 Å². The topological polar surface area (TPSA) is 68.3 Å². The molecule has 1 aromatic heterocycles. The van der Waals surface area contributed by atoms with Crippen LogP contribution in [0.5, 0.6) is 0 Å². The second kappa shape index (κ2) is 5.35. The van der Waals surface area contributed by atoms with Crippen molar-refractivity contribution in [1.29, 1.82) is 0 Å². The standard InChI is InChI=1S/C11H7BrF2N2O3/c12-10-2-1-7(19-10)5-15-11-8(14)3-6(13)4-9(11)16(17)18/h1-4,15H,5H2. The van der Waals surface area contributed by atoms with Crippen LogP contribution in [-0.4, -0.2) is 4.92 Å². The van der Waals surface area contributed by atoms with Crippen molar-refractivity contribution in [1.82, 2.24) is 0 Å². The van der Waals surface area contributed by atoms with Gasteiger partial charge in [0.25, 0.3) is 5.69 Å². The van der Waals surface area contributed by atoms with Gasteiger partial charge in [0, 0.05) is 6.07 Å². The first-order valence-corrected chi connectivity index (χ1v) is 5.88. The molecule has 0 fully saturated rings. The fraction of sp³-hybridized carbons (Fsp3) is 0.0909. The second-order valence-corrected chi connectivity index (χ2v) is 4.38. The van der Waals surface area contributed by atoms with Gasteiger partial charge >= 0.3 is 0 Å². The van der Waals surface area contributed by atoms with Crippen LogP contribution in [0.1, 0.15) is 5.76 Å². The molecule has 1 aromatic carbocycles. The molecule has 0 saturated carbocycles. The van der Waals surface area contributed by atoms with Crippen molar-refractivity contribution >= 4 is 27.3 Å². The summed E-state index contributed by atoms with van der Waals surface area (Å²) in [6, 6.07) is 4.48. The van der Waals surface area contributed by atoms with Gasteiger partial charge < -0.3 is 9.73 Å². The smallest absolute Gasteiger partial charge is 0.298 e. The van der Waals surface area contributed by atoms with E-state index >= 15 is 0 Å². The van der Waals surface area contributed by atoms with Crippen LogP contribution in [0.3, 0.4) is 0 Å². The molecule has 0 unspecified atom stereocenters. The summed E-state index contributed by atoms with van der Waals surface area (Å²) in [5.74, 6) is -1.59. The van der Waals surface area contributed by atoms with Crippen LogP contribution in [0, 0.1) is 21.7 Å². The predicted molar refractivity (Wildman–Crippen MR) is 66.7 cm³/mol. The van der Waals surface area contributed by atoms with E-state index in [0.29, 0.717) is 22.6 Å². The van der Waals surface area contributed by atoms with Crippen LogP contribution >= 0.6 is 15.9 Å². The highest BCUT2D eigenvalue weighted by Gasteiger charge is 2.20. The lowest BCUT2D eigenvalue weighted by molar-refractivity contribution is -0.384. The normalized spacial score (nSPS) is 10.5. The maximum atomic E-state index is 13.5. The number of anilines is 1. The zero-order valence-corrected chi connectivity index (χ0v) is 10.9.